The van der Waals surface area contributed by atoms with Gasteiger partial charge in [-0.05, 0) is 25.0 Å². The highest BCUT2D eigenvalue weighted by atomic mass is 19.4. The molecule has 1 amide bonds. The van der Waals surface area contributed by atoms with Crippen LogP contribution in [0.1, 0.15) is 35.3 Å². The number of hydrogen-bond acceptors (Lipinski definition) is 7. The molecule has 0 spiro atoms. The summed E-state index contributed by atoms with van der Waals surface area (Å²) in [5.74, 6) is 0.585. The number of ether oxygens (including phenoxy) is 2. The first kappa shape index (κ1) is 22.1. The summed E-state index contributed by atoms with van der Waals surface area (Å²) < 4.78 is 49.6. The Bertz CT molecular complexity index is 1190. The molecule has 2 aromatic heterocycles. The van der Waals surface area contributed by atoms with Crippen LogP contribution < -0.4 is 9.47 Å². The van der Waals surface area contributed by atoms with E-state index < -0.39 is 18.0 Å². The van der Waals surface area contributed by atoms with Gasteiger partial charge in [0.15, 0.2) is 11.5 Å². The second kappa shape index (κ2) is 8.54. The van der Waals surface area contributed by atoms with Crippen LogP contribution in [0.5, 0.6) is 11.6 Å². The molecule has 2 fully saturated rings. The summed E-state index contributed by atoms with van der Waals surface area (Å²) in [5, 5.41) is 0. The van der Waals surface area contributed by atoms with E-state index in [1.165, 1.54) is 7.11 Å². The molecule has 2 aliphatic rings. The number of methoxy groups -OCH3 is 1. The van der Waals surface area contributed by atoms with Crippen molar-refractivity contribution >= 4 is 5.91 Å². The van der Waals surface area contributed by atoms with Crippen LogP contribution in [0, 0.1) is 0 Å². The van der Waals surface area contributed by atoms with Gasteiger partial charge in [0.25, 0.3) is 5.91 Å². The molecule has 0 saturated carbocycles. The Hall–Kier alpha value is -3.76. The molecule has 2 aliphatic heterocycles. The Morgan fingerprint density at radius 2 is 1.85 bits per heavy atom. The van der Waals surface area contributed by atoms with Crippen molar-refractivity contribution in [3.05, 3.63) is 60.3 Å². The largest absolute Gasteiger partial charge is 0.496 e. The summed E-state index contributed by atoms with van der Waals surface area (Å²) in [6.45, 7) is 0. The SMILES string of the molecule is COc1cccc(-c2ncccn2)c1C(=O)N1[C@@H]2CC[C@H]1[C@H](Oc1cnc(C(F)(F)F)cn1)C2. The van der Waals surface area contributed by atoms with Crippen LogP contribution in [-0.2, 0) is 6.18 Å². The number of carbonyl (C=O) groups is 1. The van der Waals surface area contributed by atoms with Gasteiger partial charge in [0, 0.05) is 30.4 Å². The summed E-state index contributed by atoms with van der Waals surface area (Å²) in [4.78, 5) is 31.3. The van der Waals surface area contributed by atoms with Crippen molar-refractivity contribution in [2.24, 2.45) is 0 Å². The third-order valence-electron chi connectivity index (χ3n) is 6.17. The molecule has 8 nitrogen and oxygen atoms in total. The molecule has 4 heterocycles. The van der Waals surface area contributed by atoms with Crippen LogP contribution in [-0.4, -0.2) is 56.0 Å². The van der Waals surface area contributed by atoms with Crippen molar-refractivity contribution in [3.63, 3.8) is 0 Å². The van der Waals surface area contributed by atoms with Crippen molar-refractivity contribution in [1.82, 2.24) is 24.8 Å². The predicted octanol–water partition coefficient (Wildman–Crippen LogP) is 3.79. The molecule has 11 heteroatoms. The number of fused-ring (bicyclic) bond motifs is 2. The summed E-state index contributed by atoms with van der Waals surface area (Å²) >= 11 is 0. The highest BCUT2D eigenvalue weighted by Gasteiger charge is 2.51. The van der Waals surface area contributed by atoms with E-state index in [2.05, 4.69) is 19.9 Å². The minimum absolute atomic E-state index is 0.00591. The standard InChI is InChI=1S/C23H20F3N5O3/c1-33-16-5-2-4-14(21-27-8-3-9-28-21)20(16)22(32)31-13-6-7-15(31)17(10-13)34-19-12-29-18(11-30-19)23(24,25)26/h2-5,8-9,11-13,15,17H,6-7,10H2,1H3/t13-,15+,17-/m1/s1. The van der Waals surface area contributed by atoms with Gasteiger partial charge in [-0.15, -0.1) is 0 Å². The first-order valence-electron chi connectivity index (χ1n) is 10.7. The number of benzene rings is 1. The number of alkyl halides is 3. The molecule has 0 N–H and O–H groups in total. The topological polar surface area (TPSA) is 90.3 Å². The molecule has 0 radical (unpaired) electrons. The van der Waals surface area contributed by atoms with Gasteiger partial charge >= 0.3 is 6.18 Å². The highest BCUT2D eigenvalue weighted by Crippen LogP contribution is 2.42. The van der Waals surface area contributed by atoms with Gasteiger partial charge in [0.2, 0.25) is 5.88 Å². The summed E-state index contributed by atoms with van der Waals surface area (Å²) in [7, 11) is 1.50. The van der Waals surface area contributed by atoms with Crippen LogP contribution in [0.15, 0.2) is 49.1 Å². The van der Waals surface area contributed by atoms with Crippen LogP contribution in [0.4, 0.5) is 13.2 Å². The molecule has 2 saturated heterocycles. The van der Waals surface area contributed by atoms with Gasteiger partial charge in [-0.2, -0.15) is 13.2 Å². The summed E-state index contributed by atoms with van der Waals surface area (Å²) in [5.41, 5.74) is -0.165. The molecule has 0 aliphatic carbocycles. The second-order valence-electron chi connectivity index (χ2n) is 8.10. The first-order chi connectivity index (χ1) is 16.4. The van der Waals surface area contributed by atoms with Gasteiger partial charge < -0.3 is 14.4 Å². The van der Waals surface area contributed by atoms with Crippen LogP contribution >= 0.6 is 0 Å². The Labute approximate surface area is 192 Å². The van der Waals surface area contributed by atoms with Gasteiger partial charge in [-0.1, -0.05) is 12.1 Å². The van der Waals surface area contributed by atoms with E-state index in [0.29, 0.717) is 41.7 Å². The third kappa shape index (κ3) is 3.91. The fourth-order valence-corrected chi connectivity index (χ4v) is 4.73. The van der Waals surface area contributed by atoms with E-state index in [1.807, 2.05) is 0 Å². The molecule has 3 aromatic rings. The van der Waals surface area contributed by atoms with Gasteiger partial charge in [0.05, 0.1) is 31.1 Å². The Kier molecular flexibility index (Phi) is 5.54. The lowest BCUT2D eigenvalue weighted by molar-refractivity contribution is -0.141. The van der Waals surface area contributed by atoms with E-state index in [9.17, 15) is 18.0 Å². The van der Waals surface area contributed by atoms with E-state index in [4.69, 9.17) is 9.47 Å². The molecule has 176 valence electrons. The number of halogens is 3. The quantitative estimate of drug-likeness (QED) is 0.559. The lowest BCUT2D eigenvalue weighted by atomic mass is 9.98. The van der Waals surface area contributed by atoms with E-state index in [-0.39, 0.29) is 23.9 Å². The first-order valence-corrected chi connectivity index (χ1v) is 10.7. The summed E-state index contributed by atoms with van der Waals surface area (Å²) in [6, 6.07) is 6.63. The number of hydrogen-bond donors (Lipinski definition) is 0. The van der Waals surface area contributed by atoms with Crippen molar-refractivity contribution in [2.75, 3.05) is 7.11 Å². The molecular formula is C23H20F3N5O3. The minimum Gasteiger partial charge on any atom is -0.496 e. The lowest BCUT2D eigenvalue weighted by Crippen LogP contribution is -2.39. The van der Waals surface area contributed by atoms with Crippen molar-refractivity contribution in [2.45, 2.75) is 43.6 Å². The molecule has 34 heavy (non-hydrogen) atoms. The Morgan fingerprint density at radius 1 is 1.06 bits per heavy atom. The van der Waals surface area contributed by atoms with Crippen molar-refractivity contribution in [1.29, 1.82) is 0 Å². The number of rotatable bonds is 5. The fourth-order valence-electron chi connectivity index (χ4n) is 4.73. The molecule has 5 rings (SSSR count). The fraction of sp³-hybridized carbons (Fsp3) is 0.348. The number of amides is 1. The highest BCUT2D eigenvalue weighted by molar-refractivity contribution is 6.03. The number of nitrogens with zero attached hydrogens (tertiary/aromatic N) is 5. The second-order valence-corrected chi connectivity index (χ2v) is 8.10. The van der Waals surface area contributed by atoms with E-state index in [0.717, 1.165) is 12.6 Å². The van der Waals surface area contributed by atoms with Crippen LogP contribution in [0.25, 0.3) is 11.4 Å². The maximum atomic E-state index is 13.8. The monoisotopic (exact) mass is 471 g/mol. The molecular weight excluding hydrogens is 451 g/mol. The van der Waals surface area contributed by atoms with Crippen LogP contribution in [0.2, 0.25) is 0 Å². The van der Waals surface area contributed by atoms with Crippen molar-refractivity contribution in [3.8, 4) is 23.0 Å². The van der Waals surface area contributed by atoms with E-state index in [1.54, 1.807) is 41.6 Å². The normalized spacial score (nSPS) is 21.5. The van der Waals surface area contributed by atoms with Gasteiger partial charge in [-0.3, -0.25) is 4.79 Å². The Balaban J connectivity index is 1.41. The maximum Gasteiger partial charge on any atom is 0.434 e. The van der Waals surface area contributed by atoms with Gasteiger partial charge in [-0.25, -0.2) is 19.9 Å². The molecule has 0 unspecified atom stereocenters. The van der Waals surface area contributed by atoms with Crippen molar-refractivity contribution < 1.29 is 27.4 Å². The molecule has 3 atom stereocenters. The smallest absolute Gasteiger partial charge is 0.434 e. The zero-order valence-corrected chi connectivity index (χ0v) is 18.1. The van der Waals surface area contributed by atoms with E-state index >= 15 is 0 Å². The average molecular weight is 471 g/mol. The lowest BCUT2D eigenvalue weighted by Gasteiger charge is -2.26. The predicted molar refractivity (Wildman–Crippen MR) is 113 cm³/mol. The maximum absolute atomic E-state index is 13.8. The van der Waals surface area contributed by atoms with Crippen LogP contribution in [0.3, 0.4) is 0 Å². The number of carbonyl (C=O) groups excluding carboxylic acids is 1. The Morgan fingerprint density at radius 3 is 2.53 bits per heavy atom. The minimum atomic E-state index is -4.57. The zero-order chi connectivity index (χ0) is 23.9. The third-order valence-corrected chi connectivity index (χ3v) is 6.17. The summed E-state index contributed by atoms with van der Waals surface area (Å²) in [6.07, 6.45) is 1.90. The molecule has 2 bridgehead atoms. The van der Waals surface area contributed by atoms with Gasteiger partial charge in [0.1, 0.15) is 11.9 Å². The molecule has 1 aromatic carbocycles. The number of aromatic nitrogens is 4. The zero-order valence-electron chi connectivity index (χ0n) is 18.1. The average Bonchev–Trinajstić information content (AvgIpc) is 3.41.